The molecule has 0 atom stereocenters. The van der Waals surface area contributed by atoms with Crippen molar-refractivity contribution in [3.63, 3.8) is 0 Å². The smallest absolute Gasteiger partial charge is 0.253 e. The second-order valence-corrected chi connectivity index (χ2v) is 6.30. The van der Waals surface area contributed by atoms with Crippen LogP contribution in [0.15, 0.2) is 28.7 Å². The maximum absolute atomic E-state index is 12.4. The lowest BCUT2D eigenvalue weighted by Crippen LogP contribution is -2.46. The minimum Gasteiger partial charge on any atom is -0.384 e. The predicted octanol–water partition coefficient (Wildman–Crippen LogP) is 2.21. The van der Waals surface area contributed by atoms with E-state index in [1.807, 2.05) is 29.2 Å². The molecule has 1 fully saturated rings. The Morgan fingerprint density at radius 1 is 1.36 bits per heavy atom. The van der Waals surface area contributed by atoms with Crippen LogP contribution in [0.25, 0.3) is 0 Å². The van der Waals surface area contributed by atoms with Gasteiger partial charge in [0, 0.05) is 42.7 Å². The molecule has 1 aliphatic rings. The number of carbonyl (C=O) groups excluding carboxylic acids is 2. The molecule has 1 aromatic carbocycles. The number of rotatable bonds is 5. The summed E-state index contributed by atoms with van der Waals surface area (Å²) in [4.78, 5) is 25.9. The molecule has 1 aromatic rings. The molecule has 1 saturated heterocycles. The molecule has 5 nitrogen and oxygen atoms in total. The van der Waals surface area contributed by atoms with Crippen molar-refractivity contribution >= 4 is 27.7 Å². The molecule has 1 aliphatic heterocycles. The predicted molar refractivity (Wildman–Crippen MR) is 87.7 cm³/mol. The van der Waals surface area contributed by atoms with Gasteiger partial charge < -0.3 is 15.0 Å². The number of amides is 2. The molecule has 2 amide bonds. The van der Waals surface area contributed by atoms with Gasteiger partial charge in [-0.1, -0.05) is 22.0 Å². The number of methoxy groups -OCH3 is 1. The molecule has 0 saturated carbocycles. The van der Waals surface area contributed by atoms with Gasteiger partial charge in [0.15, 0.2) is 0 Å². The number of nitrogens with one attached hydrogen (secondary N) is 1. The number of nitrogens with zero attached hydrogens (tertiary/aromatic N) is 1. The first-order valence-corrected chi connectivity index (χ1v) is 8.22. The van der Waals surface area contributed by atoms with E-state index in [1.54, 1.807) is 7.11 Å². The molecular formula is C16H21BrN2O3. The zero-order valence-corrected chi connectivity index (χ0v) is 14.3. The number of piperidine rings is 1. The number of benzene rings is 1. The van der Waals surface area contributed by atoms with Gasteiger partial charge in [0.1, 0.15) is 0 Å². The quantitative estimate of drug-likeness (QED) is 0.866. The highest BCUT2D eigenvalue weighted by Crippen LogP contribution is 2.17. The number of carbonyl (C=O) groups is 2. The van der Waals surface area contributed by atoms with Crippen molar-refractivity contribution in [1.82, 2.24) is 10.2 Å². The lowest BCUT2D eigenvalue weighted by molar-refractivity contribution is -0.122. The Labute approximate surface area is 139 Å². The number of ether oxygens (including phenoxy) is 1. The van der Waals surface area contributed by atoms with Crippen LogP contribution in [-0.2, 0) is 9.53 Å². The molecular weight excluding hydrogens is 348 g/mol. The second-order valence-electron chi connectivity index (χ2n) is 5.39. The fourth-order valence-electron chi connectivity index (χ4n) is 2.53. The summed E-state index contributed by atoms with van der Waals surface area (Å²) < 4.78 is 5.79. The van der Waals surface area contributed by atoms with E-state index in [2.05, 4.69) is 21.2 Å². The van der Waals surface area contributed by atoms with E-state index in [0.717, 1.165) is 17.3 Å². The topological polar surface area (TPSA) is 58.6 Å². The number of hydrogen-bond acceptors (Lipinski definition) is 3. The van der Waals surface area contributed by atoms with Gasteiger partial charge in [-0.3, -0.25) is 9.59 Å². The van der Waals surface area contributed by atoms with Gasteiger partial charge in [0.25, 0.3) is 5.91 Å². The largest absolute Gasteiger partial charge is 0.384 e. The summed E-state index contributed by atoms with van der Waals surface area (Å²) in [5.41, 5.74) is 0.692. The van der Waals surface area contributed by atoms with Gasteiger partial charge in [0.2, 0.25) is 5.91 Å². The minimum atomic E-state index is 0.0126. The van der Waals surface area contributed by atoms with Crippen molar-refractivity contribution in [1.29, 1.82) is 0 Å². The Hall–Kier alpha value is -1.40. The van der Waals surface area contributed by atoms with Gasteiger partial charge in [0.05, 0.1) is 6.61 Å². The molecule has 0 aliphatic carbocycles. The van der Waals surface area contributed by atoms with E-state index in [-0.39, 0.29) is 17.9 Å². The maximum Gasteiger partial charge on any atom is 0.253 e. The van der Waals surface area contributed by atoms with Crippen LogP contribution in [0, 0.1) is 0 Å². The summed E-state index contributed by atoms with van der Waals surface area (Å²) in [5, 5.41) is 3.00. The second kappa shape index (κ2) is 8.29. The Morgan fingerprint density at radius 2 is 2.09 bits per heavy atom. The highest BCUT2D eigenvalue weighted by molar-refractivity contribution is 9.10. The van der Waals surface area contributed by atoms with Gasteiger partial charge in [-0.25, -0.2) is 0 Å². The molecule has 22 heavy (non-hydrogen) atoms. The van der Waals surface area contributed by atoms with Crippen LogP contribution in [0.4, 0.5) is 0 Å². The van der Waals surface area contributed by atoms with Crippen molar-refractivity contribution in [2.45, 2.75) is 25.3 Å². The van der Waals surface area contributed by atoms with Gasteiger partial charge in [-0.05, 0) is 31.0 Å². The third-order valence-corrected chi connectivity index (χ3v) is 4.25. The average Bonchev–Trinajstić information content (AvgIpc) is 2.53. The number of hydrogen-bond donors (Lipinski definition) is 1. The zero-order valence-electron chi connectivity index (χ0n) is 12.7. The van der Waals surface area contributed by atoms with E-state index in [0.29, 0.717) is 31.7 Å². The van der Waals surface area contributed by atoms with E-state index >= 15 is 0 Å². The van der Waals surface area contributed by atoms with Crippen LogP contribution in [0.3, 0.4) is 0 Å². The monoisotopic (exact) mass is 368 g/mol. The first-order valence-electron chi connectivity index (χ1n) is 7.43. The van der Waals surface area contributed by atoms with Crippen molar-refractivity contribution in [2.24, 2.45) is 0 Å². The van der Waals surface area contributed by atoms with E-state index in [1.165, 1.54) is 0 Å². The summed E-state index contributed by atoms with van der Waals surface area (Å²) in [6.07, 6.45) is 1.96. The van der Waals surface area contributed by atoms with Gasteiger partial charge >= 0.3 is 0 Å². The Bertz CT molecular complexity index is 528. The average molecular weight is 369 g/mol. The Morgan fingerprint density at radius 3 is 2.73 bits per heavy atom. The van der Waals surface area contributed by atoms with Gasteiger partial charge in [-0.15, -0.1) is 0 Å². The normalized spacial score (nSPS) is 15.6. The molecule has 120 valence electrons. The van der Waals surface area contributed by atoms with Crippen LogP contribution in [-0.4, -0.2) is 49.6 Å². The van der Waals surface area contributed by atoms with E-state index in [9.17, 15) is 9.59 Å². The van der Waals surface area contributed by atoms with Crippen molar-refractivity contribution in [3.8, 4) is 0 Å². The van der Waals surface area contributed by atoms with Crippen LogP contribution in [0.2, 0.25) is 0 Å². The fourth-order valence-corrected chi connectivity index (χ4v) is 2.92. The molecule has 0 bridgehead atoms. The SMILES string of the molecule is COCCC(=O)NC1CCN(C(=O)c2cccc(Br)c2)CC1. The molecule has 1 N–H and O–H groups in total. The molecule has 1 heterocycles. The maximum atomic E-state index is 12.4. The fraction of sp³-hybridized carbons (Fsp3) is 0.500. The highest BCUT2D eigenvalue weighted by Gasteiger charge is 2.24. The molecule has 0 aromatic heterocycles. The van der Waals surface area contributed by atoms with Crippen LogP contribution in [0.1, 0.15) is 29.6 Å². The minimum absolute atomic E-state index is 0.0126. The van der Waals surface area contributed by atoms with Crippen molar-refractivity contribution in [2.75, 3.05) is 26.8 Å². The third-order valence-electron chi connectivity index (χ3n) is 3.75. The van der Waals surface area contributed by atoms with Crippen LogP contribution < -0.4 is 5.32 Å². The lowest BCUT2D eigenvalue weighted by atomic mass is 10.0. The zero-order chi connectivity index (χ0) is 15.9. The molecule has 2 rings (SSSR count). The summed E-state index contributed by atoms with van der Waals surface area (Å²) in [5.74, 6) is 0.0593. The van der Waals surface area contributed by atoms with Crippen LogP contribution in [0.5, 0.6) is 0 Å². The van der Waals surface area contributed by atoms with Gasteiger partial charge in [-0.2, -0.15) is 0 Å². The third kappa shape index (κ3) is 4.81. The summed E-state index contributed by atoms with van der Waals surface area (Å²) in [6.45, 7) is 1.77. The summed E-state index contributed by atoms with van der Waals surface area (Å²) in [6, 6.07) is 7.57. The standard InChI is InChI=1S/C16H21BrN2O3/c1-22-10-7-15(20)18-14-5-8-19(9-6-14)16(21)12-3-2-4-13(17)11-12/h2-4,11,14H,5-10H2,1H3,(H,18,20). The summed E-state index contributed by atoms with van der Waals surface area (Å²) >= 11 is 3.38. The molecule has 0 spiro atoms. The lowest BCUT2D eigenvalue weighted by Gasteiger charge is -2.32. The Kier molecular flexibility index (Phi) is 6.39. The van der Waals surface area contributed by atoms with Crippen molar-refractivity contribution in [3.05, 3.63) is 34.3 Å². The number of likely N-dealkylation sites (tertiary alicyclic amines) is 1. The van der Waals surface area contributed by atoms with E-state index in [4.69, 9.17) is 4.74 Å². The first-order chi connectivity index (χ1) is 10.6. The molecule has 0 unspecified atom stereocenters. The molecule has 0 radical (unpaired) electrons. The summed E-state index contributed by atoms with van der Waals surface area (Å²) in [7, 11) is 1.58. The first kappa shape index (κ1) is 17.0. The Balaban J connectivity index is 1.82. The van der Waals surface area contributed by atoms with E-state index < -0.39 is 0 Å². The highest BCUT2D eigenvalue weighted by atomic mass is 79.9. The van der Waals surface area contributed by atoms with Crippen molar-refractivity contribution < 1.29 is 14.3 Å². The molecule has 6 heteroatoms. The number of halogens is 1. The van der Waals surface area contributed by atoms with Crippen LogP contribution >= 0.6 is 15.9 Å².